The van der Waals surface area contributed by atoms with Crippen molar-refractivity contribution in [3.63, 3.8) is 0 Å². The Bertz CT molecular complexity index is 1270. The van der Waals surface area contributed by atoms with Crippen molar-refractivity contribution in [2.75, 3.05) is 32.8 Å². The first-order valence-electron chi connectivity index (χ1n) is 15.0. The van der Waals surface area contributed by atoms with Gasteiger partial charge in [-0.15, -0.1) is 0 Å². The molecule has 6 nitrogen and oxygen atoms in total. The SMILES string of the molecule is CCC(CC)C1C[C@H](c2ccccc2)CCN1C(=O)[C@@H]1C[NH2+]C[C@]12COCCc1cc(Cl)cc(F)c12.O=C(O)C(F)(F)F. The number of benzene rings is 2. The third-order valence-corrected chi connectivity index (χ3v) is 9.64. The largest absolute Gasteiger partial charge is 0.490 e. The number of nitrogens with two attached hydrogens (primary N) is 1. The van der Waals surface area contributed by atoms with Crippen molar-refractivity contribution in [2.45, 2.75) is 69.5 Å². The molecule has 5 rings (SSSR count). The van der Waals surface area contributed by atoms with Crippen LogP contribution in [0, 0.1) is 17.7 Å². The molecule has 236 valence electrons. The standard InChI is InChI=1S/C30H38ClFN2O2.C2HF3O2/c1-3-20(4-2)27-15-22(21-8-6-5-7-9-21)10-12-34(27)29(35)25-17-33-18-30(25)19-36-13-11-23-14-24(31)16-26(32)28(23)30;3-2(4,5)1(6)7/h5-9,14,16,20,22,25,27,33H,3-4,10-13,15,17-19H2,1-2H3;(H,6,7)/p+1/t22-,25+,27?,30+;/m1./s1. The summed E-state index contributed by atoms with van der Waals surface area (Å²) >= 11 is 6.24. The van der Waals surface area contributed by atoms with Crippen LogP contribution in [-0.4, -0.2) is 66.9 Å². The minimum absolute atomic E-state index is 0.179. The molecule has 2 fully saturated rings. The van der Waals surface area contributed by atoms with Gasteiger partial charge in [-0.1, -0.05) is 68.6 Å². The molecule has 0 aromatic heterocycles. The van der Waals surface area contributed by atoms with Gasteiger partial charge in [0.2, 0.25) is 5.91 Å². The van der Waals surface area contributed by atoms with Crippen molar-refractivity contribution in [2.24, 2.45) is 11.8 Å². The van der Waals surface area contributed by atoms with Crippen LogP contribution in [0.5, 0.6) is 0 Å². The van der Waals surface area contributed by atoms with Crippen molar-refractivity contribution in [1.82, 2.24) is 4.90 Å². The first-order valence-corrected chi connectivity index (χ1v) is 15.3. The monoisotopic (exact) mass is 627 g/mol. The molecule has 3 heterocycles. The molecule has 3 N–H and O–H groups in total. The number of nitrogens with zero attached hydrogens (tertiary/aromatic N) is 1. The number of ether oxygens (including phenoxy) is 1. The van der Waals surface area contributed by atoms with Crippen LogP contribution in [0.25, 0.3) is 0 Å². The average molecular weight is 628 g/mol. The second-order valence-electron chi connectivity index (χ2n) is 11.8. The number of fused-ring (bicyclic) bond motifs is 2. The van der Waals surface area contributed by atoms with Gasteiger partial charge < -0.3 is 20.1 Å². The average Bonchev–Trinajstić information content (AvgIpc) is 3.30. The highest BCUT2D eigenvalue weighted by Gasteiger charge is 2.56. The fraction of sp³-hybridized carbons (Fsp3) is 0.562. The quantitative estimate of drug-likeness (QED) is 0.439. The number of carbonyl (C=O) groups excluding carboxylic acids is 1. The molecule has 3 aliphatic heterocycles. The molecular formula is C32H40ClF4N2O4+. The second-order valence-corrected chi connectivity index (χ2v) is 12.2. The second kappa shape index (κ2) is 13.9. The van der Waals surface area contributed by atoms with E-state index in [0.717, 1.165) is 37.8 Å². The molecule has 2 saturated heterocycles. The van der Waals surface area contributed by atoms with E-state index in [1.165, 1.54) is 11.6 Å². The number of halogens is 5. The lowest BCUT2D eigenvalue weighted by Crippen LogP contribution is -2.82. The Morgan fingerprint density at radius 2 is 1.86 bits per heavy atom. The van der Waals surface area contributed by atoms with E-state index in [2.05, 4.69) is 54.4 Å². The van der Waals surface area contributed by atoms with Gasteiger partial charge in [0.15, 0.2) is 0 Å². The number of aliphatic carboxylic acids is 1. The smallest absolute Gasteiger partial charge is 0.475 e. The maximum absolute atomic E-state index is 15.6. The summed E-state index contributed by atoms with van der Waals surface area (Å²) in [6.07, 6.45) is -0.412. The summed E-state index contributed by atoms with van der Waals surface area (Å²) in [7, 11) is 0. The Morgan fingerprint density at radius 1 is 1.19 bits per heavy atom. The van der Waals surface area contributed by atoms with Crippen LogP contribution in [0.15, 0.2) is 42.5 Å². The number of carbonyl (C=O) groups is 2. The number of carboxylic acid groups (broad SMARTS) is 1. The zero-order valence-electron chi connectivity index (χ0n) is 24.5. The van der Waals surface area contributed by atoms with Gasteiger partial charge in [-0.3, -0.25) is 4.79 Å². The number of alkyl halides is 3. The van der Waals surface area contributed by atoms with E-state index in [9.17, 15) is 18.0 Å². The van der Waals surface area contributed by atoms with E-state index in [4.69, 9.17) is 26.2 Å². The van der Waals surface area contributed by atoms with Crippen molar-refractivity contribution in [3.8, 4) is 0 Å². The van der Waals surface area contributed by atoms with E-state index in [-0.39, 0.29) is 23.7 Å². The van der Waals surface area contributed by atoms with Crippen LogP contribution >= 0.6 is 11.6 Å². The van der Waals surface area contributed by atoms with Gasteiger partial charge in [0.05, 0.1) is 31.7 Å². The lowest BCUT2D eigenvalue weighted by molar-refractivity contribution is -0.640. The zero-order valence-corrected chi connectivity index (χ0v) is 25.3. The first kappa shape index (κ1) is 33.2. The van der Waals surface area contributed by atoms with E-state index in [0.29, 0.717) is 55.1 Å². The van der Waals surface area contributed by atoms with E-state index in [1.54, 1.807) is 0 Å². The van der Waals surface area contributed by atoms with Crippen LogP contribution < -0.4 is 5.32 Å². The summed E-state index contributed by atoms with van der Waals surface area (Å²) in [6, 6.07) is 14.2. The summed E-state index contributed by atoms with van der Waals surface area (Å²) in [5.41, 5.74) is 2.27. The molecule has 0 aliphatic carbocycles. The molecule has 11 heteroatoms. The minimum Gasteiger partial charge on any atom is -0.475 e. The van der Waals surface area contributed by atoms with Gasteiger partial charge >= 0.3 is 12.1 Å². The summed E-state index contributed by atoms with van der Waals surface area (Å²) in [6.45, 7) is 7.45. The molecule has 4 atom stereocenters. The Kier molecular flexibility index (Phi) is 10.8. The van der Waals surface area contributed by atoms with Crippen molar-refractivity contribution >= 4 is 23.5 Å². The van der Waals surface area contributed by atoms with Crippen LogP contribution in [0.1, 0.15) is 62.1 Å². The normalized spacial score (nSPS) is 25.6. The van der Waals surface area contributed by atoms with E-state index < -0.39 is 17.6 Å². The number of quaternary nitrogens is 1. The molecule has 3 aliphatic rings. The summed E-state index contributed by atoms with van der Waals surface area (Å²) < 4.78 is 53.4. The van der Waals surface area contributed by atoms with Gasteiger partial charge in [0.25, 0.3) is 0 Å². The molecule has 1 unspecified atom stereocenters. The lowest BCUT2D eigenvalue weighted by Gasteiger charge is -2.45. The van der Waals surface area contributed by atoms with Crippen LogP contribution in [0.3, 0.4) is 0 Å². The highest BCUT2D eigenvalue weighted by Crippen LogP contribution is 2.43. The highest BCUT2D eigenvalue weighted by molar-refractivity contribution is 6.30. The predicted molar refractivity (Wildman–Crippen MR) is 154 cm³/mol. The van der Waals surface area contributed by atoms with Crippen LogP contribution in [0.2, 0.25) is 5.02 Å². The predicted octanol–water partition coefficient (Wildman–Crippen LogP) is 5.33. The molecular weight excluding hydrogens is 588 g/mol. The third kappa shape index (κ3) is 7.18. The number of hydrogen-bond acceptors (Lipinski definition) is 3. The fourth-order valence-corrected chi connectivity index (χ4v) is 7.54. The number of likely N-dealkylation sites (tertiary alicyclic amines) is 1. The Labute approximate surface area is 254 Å². The summed E-state index contributed by atoms with van der Waals surface area (Å²) in [5, 5.41) is 9.71. The molecule has 2 aromatic rings. The molecule has 0 saturated carbocycles. The highest BCUT2D eigenvalue weighted by atomic mass is 35.5. The van der Waals surface area contributed by atoms with Crippen molar-refractivity contribution in [1.29, 1.82) is 0 Å². The molecule has 2 aromatic carbocycles. The number of hydrogen-bond donors (Lipinski definition) is 2. The van der Waals surface area contributed by atoms with E-state index in [1.807, 2.05) is 6.07 Å². The molecule has 43 heavy (non-hydrogen) atoms. The van der Waals surface area contributed by atoms with Gasteiger partial charge in [-0.2, -0.15) is 13.2 Å². The molecule has 1 amide bonds. The Balaban J connectivity index is 0.000000541. The number of rotatable bonds is 5. The maximum Gasteiger partial charge on any atom is 0.490 e. The number of amides is 1. The van der Waals surface area contributed by atoms with Crippen molar-refractivity contribution < 1.29 is 42.3 Å². The van der Waals surface area contributed by atoms with Crippen LogP contribution in [-0.2, 0) is 26.2 Å². The first-order chi connectivity index (χ1) is 20.4. The fourth-order valence-electron chi connectivity index (χ4n) is 7.32. The van der Waals surface area contributed by atoms with Gasteiger partial charge in [0.1, 0.15) is 11.7 Å². The van der Waals surface area contributed by atoms with Crippen LogP contribution in [0.4, 0.5) is 17.6 Å². The maximum atomic E-state index is 15.6. The number of carboxylic acids is 1. The molecule has 0 bridgehead atoms. The summed E-state index contributed by atoms with van der Waals surface area (Å²) in [4.78, 5) is 25.5. The molecule has 1 spiro atoms. The minimum atomic E-state index is -5.08. The van der Waals surface area contributed by atoms with Gasteiger partial charge in [0, 0.05) is 23.2 Å². The Hall–Kier alpha value is -2.69. The number of piperidine rings is 1. The van der Waals surface area contributed by atoms with E-state index >= 15 is 4.39 Å². The summed E-state index contributed by atoms with van der Waals surface area (Å²) in [5.74, 6) is -2.27. The lowest BCUT2D eigenvalue weighted by atomic mass is 9.69. The van der Waals surface area contributed by atoms with Crippen molar-refractivity contribution in [3.05, 3.63) is 70.0 Å². The van der Waals surface area contributed by atoms with Gasteiger partial charge in [-0.25, -0.2) is 9.18 Å². The zero-order chi connectivity index (χ0) is 31.4. The molecule has 0 radical (unpaired) electrons. The third-order valence-electron chi connectivity index (χ3n) is 9.42. The van der Waals surface area contributed by atoms with Gasteiger partial charge in [-0.05, 0) is 54.4 Å². The topological polar surface area (TPSA) is 83.5 Å². The Morgan fingerprint density at radius 3 is 2.49 bits per heavy atom.